The van der Waals surface area contributed by atoms with Crippen LogP contribution in [0, 0.1) is 13.8 Å². The molecule has 28 heavy (non-hydrogen) atoms. The molecule has 4 rings (SSSR count). The van der Waals surface area contributed by atoms with Gasteiger partial charge in [0.25, 0.3) is 10.0 Å². The quantitative estimate of drug-likeness (QED) is 0.681. The van der Waals surface area contributed by atoms with Crippen molar-refractivity contribution >= 4 is 21.5 Å². The molecule has 0 atom stereocenters. The van der Waals surface area contributed by atoms with Crippen LogP contribution in [0.25, 0.3) is 11.1 Å². The smallest absolute Gasteiger partial charge is 0.264 e. The Kier molecular flexibility index (Phi) is 4.34. The Labute approximate surface area is 164 Å². The van der Waals surface area contributed by atoms with Crippen LogP contribution in [-0.4, -0.2) is 30.5 Å². The molecule has 0 unspecified atom stereocenters. The standard InChI is InChI=1S/C21H21N3O3S/c1-14-5-4-6-18-19(25)9-10-24(21(14)18)28(26,27)20-8-7-16(11-15(20)2)17-12-22-23(3)13-17/h4-8,11-13H,9-10H2,1-3H3. The predicted molar refractivity (Wildman–Crippen MR) is 108 cm³/mol. The van der Waals surface area contributed by atoms with Gasteiger partial charge in [-0.2, -0.15) is 5.10 Å². The summed E-state index contributed by atoms with van der Waals surface area (Å²) in [4.78, 5) is 12.5. The number of sulfonamides is 1. The first-order valence-electron chi connectivity index (χ1n) is 9.04. The molecule has 1 aliphatic rings. The molecule has 0 amide bonds. The number of para-hydroxylation sites is 1. The molecule has 2 aromatic carbocycles. The van der Waals surface area contributed by atoms with Crippen LogP contribution in [0.3, 0.4) is 0 Å². The minimum absolute atomic E-state index is 0.0196. The Morgan fingerprint density at radius 1 is 1.04 bits per heavy atom. The second-order valence-corrected chi connectivity index (χ2v) is 8.94. The van der Waals surface area contributed by atoms with Gasteiger partial charge in [-0.25, -0.2) is 8.42 Å². The van der Waals surface area contributed by atoms with Crippen LogP contribution in [0.4, 0.5) is 5.69 Å². The Morgan fingerprint density at radius 3 is 2.50 bits per heavy atom. The lowest BCUT2D eigenvalue weighted by Gasteiger charge is -2.31. The summed E-state index contributed by atoms with van der Waals surface area (Å²) in [6.07, 6.45) is 3.82. The molecule has 0 spiro atoms. The number of anilines is 1. The molecular weight excluding hydrogens is 374 g/mol. The second-order valence-electron chi connectivity index (χ2n) is 7.10. The van der Waals surface area contributed by atoms with Crippen molar-refractivity contribution in [2.24, 2.45) is 7.05 Å². The van der Waals surface area contributed by atoms with E-state index in [0.717, 1.165) is 16.7 Å². The summed E-state index contributed by atoms with van der Waals surface area (Å²) in [5, 5.41) is 4.17. The number of aryl methyl sites for hydroxylation is 3. The minimum Gasteiger partial charge on any atom is -0.294 e. The van der Waals surface area contributed by atoms with Gasteiger partial charge in [0, 0.05) is 37.3 Å². The van der Waals surface area contributed by atoms with Crippen LogP contribution in [0.5, 0.6) is 0 Å². The van der Waals surface area contributed by atoms with E-state index in [0.29, 0.717) is 16.8 Å². The molecule has 0 radical (unpaired) electrons. The van der Waals surface area contributed by atoms with Crippen molar-refractivity contribution in [3.8, 4) is 11.1 Å². The molecule has 6 nitrogen and oxygen atoms in total. The van der Waals surface area contributed by atoms with E-state index >= 15 is 0 Å². The molecule has 0 N–H and O–H groups in total. The molecule has 0 saturated carbocycles. The normalized spacial score (nSPS) is 14.2. The number of nitrogens with zero attached hydrogens (tertiary/aromatic N) is 3. The summed E-state index contributed by atoms with van der Waals surface area (Å²) in [7, 11) is -1.95. The fourth-order valence-corrected chi connectivity index (χ4v) is 5.47. The van der Waals surface area contributed by atoms with Gasteiger partial charge >= 0.3 is 0 Å². The number of benzene rings is 2. The number of fused-ring (bicyclic) bond motifs is 1. The van der Waals surface area contributed by atoms with Gasteiger partial charge in [0.15, 0.2) is 5.78 Å². The number of carbonyl (C=O) groups excluding carboxylic acids is 1. The van der Waals surface area contributed by atoms with E-state index in [1.54, 1.807) is 42.1 Å². The minimum atomic E-state index is -3.79. The van der Waals surface area contributed by atoms with Crippen molar-refractivity contribution in [1.29, 1.82) is 0 Å². The molecule has 7 heteroatoms. The van der Waals surface area contributed by atoms with Gasteiger partial charge in [-0.1, -0.05) is 18.2 Å². The monoisotopic (exact) mass is 395 g/mol. The van der Waals surface area contributed by atoms with Crippen molar-refractivity contribution < 1.29 is 13.2 Å². The highest BCUT2D eigenvalue weighted by Crippen LogP contribution is 2.36. The van der Waals surface area contributed by atoms with Gasteiger partial charge in [0.05, 0.1) is 16.8 Å². The van der Waals surface area contributed by atoms with Gasteiger partial charge in [-0.15, -0.1) is 0 Å². The Bertz CT molecular complexity index is 1200. The van der Waals surface area contributed by atoms with Crippen molar-refractivity contribution in [3.63, 3.8) is 0 Å². The lowest BCUT2D eigenvalue weighted by atomic mass is 9.99. The first kappa shape index (κ1) is 18.4. The van der Waals surface area contributed by atoms with E-state index < -0.39 is 10.0 Å². The van der Waals surface area contributed by atoms with Crippen LogP contribution in [0.15, 0.2) is 53.7 Å². The summed E-state index contributed by atoms with van der Waals surface area (Å²) >= 11 is 0. The average Bonchev–Trinajstić information content (AvgIpc) is 3.08. The fraction of sp³-hybridized carbons (Fsp3) is 0.238. The van der Waals surface area contributed by atoms with Crippen molar-refractivity contribution in [2.75, 3.05) is 10.8 Å². The highest BCUT2D eigenvalue weighted by Gasteiger charge is 2.34. The SMILES string of the molecule is Cc1cc(-c2cnn(C)c2)ccc1S(=O)(=O)N1CCC(=O)c2cccc(C)c21. The average molecular weight is 395 g/mol. The zero-order chi connectivity index (χ0) is 20.1. The van der Waals surface area contributed by atoms with Crippen LogP contribution in [-0.2, 0) is 17.1 Å². The Morgan fingerprint density at radius 2 is 1.82 bits per heavy atom. The zero-order valence-corrected chi connectivity index (χ0v) is 16.8. The third kappa shape index (κ3) is 2.92. The van der Waals surface area contributed by atoms with Crippen molar-refractivity contribution in [1.82, 2.24) is 9.78 Å². The molecule has 1 aromatic heterocycles. The third-order valence-corrected chi connectivity index (χ3v) is 7.07. The summed E-state index contributed by atoms with van der Waals surface area (Å²) in [5.41, 5.74) is 4.25. The molecule has 0 saturated heterocycles. The van der Waals surface area contributed by atoms with E-state index in [2.05, 4.69) is 5.10 Å². The molecule has 144 valence electrons. The van der Waals surface area contributed by atoms with E-state index in [1.807, 2.05) is 32.3 Å². The van der Waals surface area contributed by atoms with Gasteiger partial charge in [0.2, 0.25) is 0 Å². The molecule has 0 bridgehead atoms. The number of hydrogen-bond donors (Lipinski definition) is 0. The number of carbonyl (C=O) groups is 1. The molecular formula is C21H21N3O3S. The molecule has 3 aromatic rings. The summed E-state index contributed by atoms with van der Waals surface area (Å²) < 4.78 is 30.0. The number of Topliss-reactive ketones (excluding diaryl/α,β-unsaturated/α-hetero) is 1. The highest BCUT2D eigenvalue weighted by atomic mass is 32.2. The number of aromatic nitrogens is 2. The zero-order valence-electron chi connectivity index (χ0n) is 16.0. The maximum atomic E-state index is 13.5. The Hall–Kier alpha value is -2.93. The van der Waals surface area contributed by atoms with Gasteiger partial charge in [-0.3, -0.25) is 13.8 Å². The topological polar surface area (TPSA) is 72.3 Å². The number of hydrogen-bond acceptors (Lipinski definition) is 4. The summed E-state index contributed by atoms with van der Waals surface area (Å²) in [6, 6.07) is 10.6. The Balaban J connectivity index is 1.80. The first-order chi connectivity index (χ1) is 13.3. The number of ketones is 1. The van der Waals surface area contributed by atoms with Gasteiger partial charge in [-0.05, 0) is 48.7 Å². The van der Waals surface area contributed by atoms with Crippen LogP contribution in [0.1, 0.15) is 27.9 Å². The molecule has 2 heterocycles. The number of rotatable bonds is 3. The second kappa shape index (κ2) is 6.60. The van der Waals surface area contributed by atoms with Gasteiger partial charge in [0.1, 0.15) is 0 Å². The third-order valence-electron chi connectivity index (χ3n) is 5.11. The maximum absolute atomic E-state index is 13.5. The fourth-order valence-electron chi connectivity index (χ4n) is 3.71. The van der Waals surface area contributed by atoms with Crippen LogP contribution < -0.4 is 4.31 Å². The largest absolute Gasteiger partial charge is 0.294 e. The molecule has 1 aliphatic heterocycles. The lowest BCUT2D eigenvalue weighted by molar-refractivity contribution is 0.0982. The van der Waals surface area contributed by atoms with E-state index in [-0.39, 0.29) is 23.6 Å². The first-order valence-corrected chi connectivity index (χ1v) is 10.5. The van der Waals surface area contributed by atoms with E-state index in [4.69, 9.17) is 0 Å². The lowest BCUT2D eigenvalue weighted by Crippen LogP contribution is -2.38. The van der Waals surface area contributed by atoms with Crippen LogP contribution >= 0.6 is 0 Å². The van der Waals surface area contributed by atoms with Gasteiger partial charge < -0.3 is 0 Å². The maximum Gasteiger partial charge on any atom is 0.264 e. The van der Waals surface area contributed by atoms with Crippen molar-refractivity contribution in [3.05, 3.63) is 65.5 Å². The predicted octanol–water partition coefficient (Wildman–Crippen LogP) is 3.49. The molecule has 0 aliphatic carbocycles. The summed E-state index contributed by atoms with van der Waals surface area (Å²) in [6.45, 7) is 3.78. The van der Waals surface area contributed by atoms with Crippen molar-refractivity contribution in [2.45, 2.75) is 25.2 Å². The van der Waals surface area contributed by atoms with Crippen LogP contribution in [0.2, 0.25) is 0 Å². The summed E-state index contributed by atoms with van der Waals surface area (Å²) in [5.74, 6) is -0.0196. The molecule has 0 fully saturated rings. The van der Waals surface area contributed by atoms with E-state index in [9.17, 15) is 13.2 Å². The highest BCUT2D eigenvalue weighted by molar-refractivity contribution is 7.93. The van der Waals surface area contributed by atoms with E-state index in [1.165, 1.54) is 4.31 Å².